The highest BCUT2D eigenvalue weighted by Crippen LogP contribution is 2.66. The number of ether oxygens (including phenoxy) is 2. The minimum Gasteiger partial charge on any atom is -0.466 e. The summed E-state index contributed by atoms with van der Waals surface area (Å²) in [6.45, 7) is -0.840. The van der Waals surface area contributed by atoms with Gasteiger partial charge in [-0.1, -0.05) is 0 Å². The number of anilines is 1. The fraction of sp³-hybridized carbons (Fsp3) is 0.400. The Labute approximate surface area is 201 Å². The third-order valence-corrected chi connectivity index (χ3v) is 8.40. The number of nitrogens with zero attached hydrogens (tertiary/aromatic N) is 3. The molecule has 21 heteroatoms. The van der Waals surface area contributed by atoms with Crippen LogP contribution in [0.15, 0.2) is 18.6 Å². The minimum absolute atomic E-state index is 0.0712. The predicted octanol–water partition coefficient (Wildman–Crippen LogP) is 0.191. The van der Waals surface area contributed by atoms with E-state index >= 15 is 0 Å². The molecule has 1 aliphatic rings. The van der Waals surface area contributed by atoms with Crippen LogP contribution in [0.1, 0.15) is 18.2 Å². The van der Waals surface area contributed by atoms with Gasteiger partial charge in [-0.3, -0.25) is 4.52 Å². The van der Waals surface area contributed by atoms with Crippen molar-refractivity contribution in [2.75, 3.05) is 19.5 Å². The molecule has 200 valence electrons. The highest BCUT2D eigenvalue weighted by molar-refractivity contribution is 7.66. The van der Waals surface area contributed by atoms with Crippen molar-refractivity contribution in [3.8, 4) is 0 Å². The Morgan fingerprint density at radius 3 is 2.56 bits per heavy atom. The van der Waals surface area contributed by atoms with Gasteiger partial charge in [-0.15, -0.1) is 0 Å². The average Bonchev–Trinajstić information content (AvgIpc) is 3.29. The lowest BCUT2D eigenvalue weighted by Crippen LogP contribution is -2.26. The van der Waals surface area contributed by atoms with Crippen molar-refractivity contribution in [1.82, 2.24) is 14.5 Å². The maximum absolute atomic E-state index is 11.9. The molecule has 1 fully saturated rings. The molecule has 5 atom stereocenters. The number of phosphoric ester groups is 1. The lowest BCUT2D eigenvalue weighted by Gasteiger charge is -2.19. The molecule has 0 bridgehead atoms. The lowest BCUT2D eigenvalue weighted by molar-refractivity contribution is -0.134. The summed E-state index contributed by atoms with van der Waals surface area (Å²) in [4.78, 5) is 55.5. The van der Waals surface area contributed by atoms with Gasteiger partial charge in [-0.2, -0.15) is 8.62 Å². The van der Waals surface area contributed by atoms with Crippen molar-refractivity contribution in [3.05, 3.63) is 24.2 Å². The number of carbonyl (C=O) groups excluding carboxylic acids is 1. The van der Waals surface area contributed by atoms with E-state index in [0.717, 1.165) is 6.08 Å². The van der Waals surface area contributed by atoms with Crippen molar-refractivity contribution in [2.24, 2.45) is 0 Å². The van der Waals surface area contributed by atoms with Crippen molar-refractivity contribution in [2.45, 2.75) is 24.9 Å². The second kappa shape index (κ2) is 10.8. The standard InChI is InChI=1S/C15H21N4O14P3/c1-29-12(21)3-2-8-5-19(15-13(8)14(16)17-7-18-15)11-4-9(20)10(31-11)6-30-35(25,26)33-36(27,28)32-34(22,23)24/h2-3,5,7,9-11,20H,4,6H2,1H3,(H,25,26)(H,27,28)(H2,16,17,18)(H2,22,23,24)/b3-2+/t9-,10+,11+/m0/s1. The Morgan fingerprint density at radius 1 is 1.22 bits per heavy atom. The van der Waals surface area contributed by atoms with E-state index in [1.807, 2.05) is 0 Å². The van der Waals surface area contributed by atoms with Crippen LogP contribution in [-0.4, -0.2) is 71.1 Å². The Kier molecular flexibility index (Phi) is 8.52. The van der Waals surface area contributed by atoms with Crippen LogP contribution in [0, 0.1) is 0 Å². The number of fused-ring (bicyclic) bond motifs is 1. The first kappa shape index (κ1) is 28.5. The lowest BCUT2D eigenvalue weighted by atomic mass is 10.2. The van der Waals surface area contributed by atoms with Crippen LogP contribution in [0.4, 0.5) is 5.82 Å². The maximum atomic E-state index is 11.9. The SMILES string of the molecule is COC(=O)/C=C/c1cn([C@H]2C[C@H](O)[C@@H](COP(=O)(O)OP(=O)(O)OP(=O)(O)O)O2)c2ncnc(N)c12. The van der Waals surface area contributed by atoms with Crippen molar-refractivity contribution >= 4 is 52.4 Å². The summed E-state index contributed by atoms with van der Waals surface area (Å²) in [7, 11) is -15.4. The number of esters is 1. The molecule has 2 aromatic rings. The van der Waals surface area contributed by atoms with Gasteiger partial charge in [0.15, 0.2) is 0 Å². The molecule has 3 rings (SSSR count). The molecule has 3 heterocycles. The summed E-state index contributed by atoms with van der Waals surface area (Å²) in [6, 6.07) is 0. The topological polar surface area (TPSA) is 272 Å². The van der Waals surface area contributed by atoms with Crippen LogP contribution >= 0.6 is 23.5 Å². The number of nitrogen functional groups attached to an aromatic ring is 1. The van der Waals surface area contributed by atoms with Gasteiger partial charge >= 0.3 is 29.4 Å². The Balaban J connectivity index is 1.75. The molecule has 0 radical (unpaired) electrons. The van der Waals surface area contributed by atoms with Gasteiger partial charge in [-0.05, 0) is 6.08 Å². The number of nitrogens with two attached hydrogens (primary N) is 1. The third-order valence-electron chi connectivity index (χ3n) is 4.60. The van der Waals surface area contributed by atoms with Crippen LogP contribution in [-0.2, 0) is 41.1 Å². The minimum atomic E-state index is -5.69. The van der Waals surface area contributed by atoms with Gasteiger partial charge < -0.3 is 44.5 Å². The van der Waals surface area contributed by atoms with E-state index in [0.29, 0.717) is 10.9 Å². The summed E-state index contributed by atoms with van der Waals surface area (Å²) in [5.41, 5.74) is 6.64. The number of aromatic nitrogens is 3. The molecule has 1 aliphatic heterocycles. The number of methoxy groups -OCH3 is 1. The number of carbonyl (C=O) groups is 1. The maximum Gasteiger partial charge on any atom is 0.490 e. The van der Waals surface area contributed by atoms with E-state index in [4.69, 9.17) is 20.3 Å². The van der Waals surface area contributed by atoms with Crippen LogP contribution in [0.3, 0.4) is 0 Å². The average molecular weight is 574 g/mol. The molecule has 0 aromatic carbocycles. The van der Waals surface area contributed by atoms with Crippen molar-refractivity contribution < 1.29 is 65.8 Å². The van der Waals surface area contributed by atoms with E-state index in [-0.39, 0.29) is 17.9 Å². The molecule has 0 saturated carbocycles. The smallest absolute Gasteiger partial charge is 0.466 e. The second-order valence-electron chi connectivity index (χ2n) is 7.12. The van der Waals surface area contributed by atoms with Crippen LogP contribution in [0.5, 0.6) is 0 Å². The second-order valence-corrected chi connectivity index (χ2v) is 11.5. The van der Waals surface area contributed by atoms with E-state index < -0.39 is 54.5 Å². The van der Waals surface area contributed by atoms with E-state index in [1.165, 1.54) is 30.3 Å². The fourth-order valence-electron chi connectivity index (χ4n) is 3.22. The summed E-state index contributed by atoms with van der Waals surface area (Å²) in [5.74, 6) is -0.545. The molecule has 0 spiro atoms. The van der Waals surface area contributed by atoms with Gasteiger partial charge in [0.25, 0.3) is 0 Å². The van der Waals surface area contributed by atoms with E-state index in [2.05, 4.69) is 27.8 Å². The van der Waals surface area contributed by atoms with Gasteiger partial charge in [0.2, 0.25) is 0 Å². The molecule has 0 amide bonds. The zero-order valence-corrected chi connectivity index (χ0v) is 20.8. The summed E-state index contributed by atoms with van der Waals surface area (Å²) in [6.07, 6.45) is 1.73. The monoisotopic (exact) mass is 574 g/mol. The largest absolute Gasteiger partial charge is 0.490 e. The Morgan fingerprint density at radius 2 is 1.92 bits per heavy atom. The molecular formula is C15H21N4O14P3. The summed E-state index contributed by atoms with van der Waals surface area (Å²) >= 11 is 0. The van der Waals surface area contributed by atoms with Crippen LogP contribution < -0.4 is 5.73 Å². The number of aliphatic hydroxyl groups excluding tert-OH is 1. The molecule has 1 saturated heterocycles. The zero-order valence-electron chi connectivity index (χ0n) is 18.1. The first-order valence-electron chi connectivity index (χ1n) is 9.60. The van der Waals surface area contributed by atoms with Crippen molar-refractivity contribution in [3.63, 3.8) is 0 Å². The van der Waals surface area contributed by atoms with Gasteiger partial charge in [0, 0.05) is 24.3 Å². The Hall–Kier alpha value is -2.04. The highest BCUT2D eigenvalue weighted by atomic mass is 31.3. The predicted molar refractivity (Wildman–Crippen MR) is 117 cm³/mol. The zero-order chi connectivity index (χ0) is 26.9. The number of hydrogen-bond donors (Lipinski definition) is 6. The highest BCUT2D eigenvalue weighted by Gasteiger charge is 2.43. The van der Waals surface area contributed by atoms with Crippen LogP contribution in [0.2, 0.25) is 0 Å². The summed E-state index contributed by atoms with van der Waals surface area (Å²) in [5, 5.41) is 10.7. The van der Waals surface area contributed by atoms with Gasteiger partial charge in [-0.25, -0.2) is 28.5 Å². The normalized spacial score (nSPS) is 24.1. The van der Waals surface area contributed by atoms with E-state index in [1.54, 1.807) is 0 Å². The number of rotatable bonds is 10. The van der Waals surface area contributed by atoms with Gasteiger partial charge in [0.1, 0.15) is 30.1 Å². The first-order chi connectivity index (χ1) is 16.6. The molecule has 2 unspecified atom stereocenters. The molecule has 18 nitrogen and oxygen atoms in total. The quantitative estimate of drug-likeness (QED) is 0.125. The fourth-order valence-corrected chi connectivity index (χ4v) is 6.25. The Bertz CT molecular complexity index is 1310. The van der Waals surface area contributed by atoms with Crippen LogP contribution in [0.25, 0.3) is 17.1 Å². The van der Waals surface area contributed by atoms with Crippen molar-refractivity contribution in [1.29, 1.82) is 0 Å². The molecular weight excluding hydrogens is 553 g/mol. The van der Waals surface area contributed by atoms with E-state index in [9.17, 15) is 33.4 Å². The molecule has 0 aliphatic carbocycles. The number of phosphoric acid groups is 3. The molecule has 36 heavy (non-hydrogen) atoms. The number of aliphatic hydroxyl groups is 1. The first-order valence-corrected chi connectivity index (χ1v) is 14.1. The molecule has 7 N–H and O–H groups in total. The van der Waals surface area contributed by atoms with Gasteiger partial charge in [0.05, 0.1) is 25.2 Å². The number of hydrogen-bond acceptors (Lipinski definition) is 13. The molecule has 2 aromatic heterocycles. The summed E-state index contributed by atoms with van der Waals surface area (Å²) < 4.78 is 57.5. The third kappa shape index (κ3) is 7.26.